The minimum Gasteiger partial charge on any atom is -0.213 e. The number of sulfonamides is 1. The SMILES string of the molecule is CCCC(NS(=O)(=O)N1CCN(S(C)(=O)=O)CC1)C1CCC1. The fourth-order valence-corrected chi connectivity index (χ4v) is 5.36. The first-order chi connectivity index (χ1) is 10.2. The van der Waals surface area contributed by atoms with Crippen molar-refractivity contribution >= 4 is 20.2 Å². The van der Waals surface area contributed by atoms with Gasteiger partial charge in [-0.15, -0.1) is 0 Å². The van der Waals surface area contributed by atoms with Crippen LogP contribution in [0.1, 0.15) is 39.0 Å². The summed E-state index contributed by atoms with van der Waals surface area (Å²) >= 11 is 0. The maximum absolute atomic E-state index is 12.5. The van der Waals surface area contributed by atoms with Gasteiger partial charge in [-0.25, -0.2) is 8.42 Å². The minimum absolute atomic E-state index is 0.0108. The van der Waals surface area contributed by atoms with E-state index in [2.05, 4.69) is 11.6 Å². The lowest BCUT2D eigenvalue weighted by Gasteiger charge is -2.37. The zero-order chi connectivity index (χ0) is 16.4. The first kappa shape index (κ1) is 18.1. The molecule has 1 aliphatic carbocycles. The minimum atomic E-state index is -3.53. The van der Waals surface area contributed by atoms with E-state index >= 15 is 0 Å². The molecule has 1 atom stereocenters. The highest BCUT2D eigenvalue weighted by Crippen LogP contribution is 2.32. The number of hydrogen-bond acceptors (Lipinski definition) is 4. The third kappa shape index (κ3) is 4.41. The van der Waals surface area contributed by atoms with Crippen LogP contribution in [0.3, 0.4) is 0 Å². The third-order valence-electron chi connectivity index (χ3n) is 4.63. The summed E-state index contributed by atoms with van der Waals surface area (Å²) in [6.45, 7) is 2.94. The first-order valence-electron chi connectivity index (χ1n) is 7.96. The molecule has 0 aromatic heterocycles. The molecule has 0 aromatic carbocycles. The van der Waals surface area contributed by atoms with E-state index in [9.17, 15) is 16.8 Å². The Labute approximate surface area is 134 Å². The highest BCUT2D eigenvalue weighted by atomic mass is 32.2. The standard InChI is InChI=1S/C13H27N3O4S2/c1-3-5-13(12-6-4-7-12)14-22(19,20)16-10-8-15(9-11-16)21(2,17)18/h12-14H,3-11H2,1-2H3. The van der Waals surface area contributed by atoms with Gasteiger partial charge in [-0.2, -0.15) is 21.8 Å². The van der Waals surface area contributed by atoms with Gasteiger partial charge in [0.25, 0.3) is 10.2 Å². The van der Waals surface area contributed by atoms with Gasteiger partial charge >= 0.3 is 0 Å². The van der Waals surface area contributed by atoms with Gasteiger partial charge in [0.2, 0.25) is 10.0 Å². The second-order valence-electron chi connectivity index (χ2n) is 6.27. The van der Waals surface area contributed by atoms with Crippen molar-refractivity contribution in [2.75, 3.05) is 32.4 Å². The summed E-state index contributed by atoms with van der Waals surface area (Å²) in [5, 5.41) is 0. The van der Waals surface area contributed by atoms with Crippen molar-refractivity contribution in [2.45, 2.75) is 45.1 Å². The first-order valence-corrected chi connectivity index (χ1v) is 11.3. The normalized spacial score (nSPS) is 24.1. The fourth-order valence-electron chi connectivity index (χ4n) is 3.05. The lowest BCUT2D eigenvalue weighted by atomic mass is 9.79. The highest BCUT2D eigenvalue weighted by molar-refractivity contribution is 7.88. The zero-order valence-corrected chi connectivity index (χ0v) is 15.0. The van der Waals surface area contributed by atoms with Crippen molar-refractivity contribution in [3.8, 4) is 0 Å². The topological polar surface area (TPSA) is 86.8 Å². The molecule has 1 unspecified atom stereocenters. The molecule has 22 heavy (non-hydrogen) atoms. The van der Waals surface area contributed by atoms with Crippen molar-refractivity contribution in [2.24, 2.45) is 5.92 Å². The van der Waals surface area contributed by atoms with Gasteiger partial charge in [0.15, 0.2) is 0 Å². The maximum Gasteiger partial charge on any atom is 0.279 e. The summed E-state index contributed by atoms with van der Waals surface area (Å²) in [5.41, 5.74) is 0. The molecule has 2 fully saturated rings. The van der Waals surface area contributed by atoms with E-state index in [0.717, 1.165) is 31.9 Å². The molecule has 0 aromatic rings. The lowest BCUT2D eigenvalue weighted by molar-refractivity contribution is 0.228. The van der Waals surface area contributed by atoms with Crippen LogP contribution in [0.4, 0.5) is 0 Å². The second-order valence-corrected chi connectivity index (χ2v) is 9.95. The fraction of sp³-hybridized carbons (Fsp3) is 1.00. The number of hydrogen-bond donors (Lipinski definition) is 1. The van der Waals surface area contributed by atoms with E-state index in [1.807, 2.05) is 0 Å². The number of rotatable bonds is 7. The van der Waals surface area contributed by atoms with E-state index in [1.165, 1.54) is 15.0 Å². The van der Waals surface area contributed by atoms with Crippen LogP contribution >= 0.6 is 0 Å². The van der Waals surface area contributed by atoms with Crippen LogP contribution in [0.5, 0.6) is 0 Å². The van der Waals surface area contributed by atoms with Crippen LogP contribution in [0, 0.1) is 5.92 Å². The average Bonchev–Trinajstić information content (AvgIpc) is 2.35. The van der Waals surface area contributed by atoms with Gasteiger partial charge in [-0.3, -0.25) is 0 Å². The number of nitrogens with one attached hydrogen (secondary N) is 1. The van der Waals surface area contributed by atoms with Crippen molar-refractivity contribution in [1.29, 1.82) is 0 Å². The Morgan fingerprint density at radius 3 is 2.00 bits per heavy atom. The van der Waals surface area contributed by atoms with E-state index in [-0.39, 0.29) is 32.2 Å². The molecular weight excluding hydrogens is 326 g/mol. The van der Waals surface area contributed by atoms with Crippen LogP contribution in [-0.2, 0) is 20.2 Å². The molecule has 9 heteroatoms. The van der Waals surface area contributed by atoms with Gasteiger partial charge in [0, 0.05) is 32.2 Å². The largest absolute Gasteiger partial charge is 0.279 e. The molecule has 2 rings (SSSR count). The van der Waals surface area contributed by atoms with Gasteiger partial charge in [0.05, 0.1) is 6.26 Å². The molecule has 1 heterocycles. The van der Waals surface area contributed by atoms with E-state index in [0.29, 0.717) is 5.92 Å². The summed E-state index contributed by atoms with van der Waals surface area (Å²) in [7, 11) is -6.78. The molecule has 130 valence electrons. The monoisotopic (exact) mass is 353 g/mol. The van der Waals surface area contributed by atoms with Crippen LogP contribution < -0.4 is 4.72 Å². The Morgan fingerprint density at radius 1 is 1.05 bits per heavy atom. The third-order valence-corrected chi connectivity index (χ3v) is 7.57. The van der Waals surface area contributed by atoms with Gasteiger partial charge in [-0.05, 0) is 25.2 Å². The van der Waals surface area contributed by atoms with E-state index < -0.39 is 20.2 Å². The zero-order valence-electron chi connectivity index (χ0n) is 13.4. The van der Waals surface area contributed by atoms with Crippen LogP contribution in [-0.4, -0.2) is 63.9 Å². The molecule has 0 amide bonds. The van der Waals surface area contributed by atoms with E-state index in [4.69, 9.17) is 0 Å². The Bertz CT molecular complexity index is 564. The molecule has 1 saturated carbocycles. The predicted molar refractivity (Wildman–Crippen MR) is 86.1 cm³/mol. The second kappa shape index (κ2) is 7.12. The Morgan fingerprint density at radius 2 is 1.59 bits per heavy atom. The van der Waals surface area contributed by atoms with Crippen molar-refractivity contribution in [3.05, 3.63) is 0 Å². The van der Waals surface area contributed by atoms with Gasteiger partial charge in [-0.1, -0.05) is 19.8 Å². The van der Waals surface area contributed by atoms with Crippen LogP contribution in [0.25, 0.3) is 0 Å². The van der Waals surface area contributed by atoms with Crippen molar-refractivity contribution < 1.29 is 16.8 Å². The molecule has 2 aliphatic rings. The molecule has 0 radical (unpaired) electrons. The average molecular weight is 354 g/mol. The summed E-state index contributed by atoms with van der Waals surface area (Å²) in [4.78, 5) is 0. The molecular formula is C13H27N3O4S2. The molecule has 0 spiro atoms. The molecule has 0 bridgehead atoms. The summed E-state index contributed by atoms with van der Waals surface area (Å²) in [6, 6.07) is 0.0108. The van der Waals surface area contributed by atoms with Crippen LogP contribution in [0.15, 0.2) is 0 Å². The highest BCUT2D eigenvalue weighted by Gasteiger charge is 2.34. The number of nitrogens with zero attached hydrogens (tertiary/aromatic N) is 2. The number of piperazine rings is 1. The summed E-state index contributed by atoms with van der Waals surface area (Å²) in [6.07, 6.45) is 6.33. The Balaban J connectivity index is 1.95. The van der Waals surface area contributed by atoms with Gasteiger partial charge < -0.3 is 0 Å². The smallest absolute Gasteiger partial charge is 0.213 e. The van der Waals surface area contributed by atoms with Gasteiger partial charge in [0.1, 0.15) is 0 Å². The molecule has 7 nitrogen and oxygen atoms in total. The summed E-state index contributed by atoms with van der Waals surface area (Å²) < 4.78 is 53.6. The predicted octanol–water partition coefficient (Wildman–Crippen LogP) is 0.367. The quantitative estimate of drug-likeness (QED) is 0.716. The molecule has 1 N–H and O–H groups in total. The van der Waals surface area contributed by atoms with Crippen LogP contribution in [0.2, 0.25) is 0 Å². The lowest BCUT2D eigenvalue weighted by Crippen LogP contribution is -2.55. The summed E-state index contributed by atoms with van der Waals surface area (Å²) in [5.74, 6) is 0.451. The maximum atomic E-state index is 12.5. The van der Waals surface area contributed by atoms with Crippen molar-refractivity contribution in [1.82, 2.24) is 13.3 Å². The molecule has 1 saturated heterocycles. The molecule has 1 aliphatic heterocycles. The van der Waals surface area contributed by atoms with Crippen molar-refractivity contribution in [3.63, 3.8) is 0 Å². The Hall–Kier alpha value is -0.220. The van der Waals surface area contributed by atoms with E-state index in [1.54, 1.807) is 0 Å². The Kier molecular flexibility index (Phi) is 5.87.